The number of nitrogens with zero attached hydrogens (tertiary/aromatic N) is 3. The molecule has 2 heterocycles. The molecule has 1 N–H and O–H groups in total. The molecular weight excluding hydrogens is 320 g/mol. The summed E-state index contributed by atoms with van der Waals surface area (Å²) in [6.07, 6.45) is 3.25. The minimum Gasteiger partial charge on any atom is -0.484 e. The number of anilines is 1. The minimum absolute atomic E-state index is 0.00585. The van der Waals surface area contributed by atoms with Gasteiger partial charge in [0.1, 0.15) is 5.75 Å². The van der Waals surface area contributed by atoms with E-state index in [0.29, 0.717) is 37.6 Å². The Hall–Kier alpha value is -3.09. The third kappa shape index (κ3) is 4.69. The second-order valence-electron chi connectivity index (χ2n) is 5.64. The van der Waals surface area contributed by atoms with Gasteiger partial charge in [0.25, 0.3) is 5.91 Å². The number of hydrogen-bond donors (Lipinski definition) is 1. The van der Waals surface area contributed by atoms with Crippen LogP contribution < -0.4 is 10.1 Å². The Bertz CT molecular complexity index is 701. The van der Waals surface area contributed by atoms with Crippen LogP contribution in [0.1, 0.15) is 0 Å². The number of carbonyl (C=O) groups is 2. The predicted octanol–water partition coefficient (Wildman–Crippen LogP) is 1.84. The van der Waals surface area contributed by atoms with Crippen LogP contribution in [0.25, 0.3) is 0 Å². The highest BCUT2D eigenvalue weighted by molar-refractivity contribution is 5.89. The quantitative estimate of drug-likeness (QED) is 0.921. The molecule has 7 nitrogen and oxygen atoms in total. The summed E-state index contributed by atoms with van der Waals surface area (Å²) in [4.78, 5) is 31.8. The summed E-state index contributed by atoms with van der Waals surface area (Å²) < 4.78 is 5.48. The van der Waals surface area contributed by atoms with Crippen molar-refractivity contribution < 1.29 is 14.3 Å². The Balaban J connectivity index is 1.43. The normalized spacial score (nSPS) is 14.1. The van der Waals surface area contributed by atoms with Gasteiger partial charge in [-0.1, -0.05) is 18.2 Å². The third-order valence-electron chi connectivity index (χ3n) is 3.94. The summed E-state index contributed by atoms with van der Waals surface area (Å²) in [5, 5.41) is 2.80. The molecule has 25 heavy (non-hydrogen) atoms. The highest BCUT2D eigenvalue weighted by Crippen LogP contribution is 2.10. The van der Waals surface area contributed by atoms with Crippen molar-refractivity contribution in [3.05, 3.63) is 54.9 Å². The topological polar surface area (TPSA) is 74.8 Å². The van der Waals surface area contributed by atoms with Crippen molar-refractivity contribution in [2.75, 3.05) is 38.1 Å². The summed E-state index contributed by atoms with van der Waals surface area (Å²) in [5.74, 6) is 0.599. The molecule has 0 unspecified atom stereocenters. The van der Waals surface area contributed by atoms with Gasteiger partial charge < -0.3 is 19.9 Å². The lowest BCUT2D eigenvalue weighted by Crippen LogP contribution is -2.52. The van der Waals surface area contributed by atoms with E-state index in [1.807, 2.05) is 30.3 Å². The molecule has 3 amide bonds. The first-order valence-corrected chi connectivity index (χ1v) is 8.14. The van der Waals surface area contributed by atoms with Crippen LogP contribution in [0.2, 0.25) is 0 Å². The van der Waals surface area contributed by atoms with E-state index < -0.39 is 0 Å². The van der Waals surface area contributed by atoms with Crippen molar-refractivity contribution in [1.29, 1.82) is 0 Å². The lowest BCUT2D eigenvalue weighted by molar-refractivity contribution is -0.134. The van der Waals surface area contributed by atoms with Gasteiger partial charge in [-0.2, -0.15) is 0 Å². The molecule has 7 heteroatoms. The molecule has 0 saturated carbocycles. The zero-order valence-electron chi connectivity index (χ0n) is 13.8. The standard InChI is InChI=1S/C18H20N4O3/c23-17(14-25-16-6-2-1-3-7-16)21-9-11-22(12-10-21)18(24)20-15-5-4-8-19-13-15/h1-8,13H,9-12,14H2,(H,20,24). The molecule has 1 fully saturated rings. The van der Waals surface area contributed by atoms with E-state index in [0.717, 1.165) is 0 Å². The molecule has 0 aliphatic carbocycles. The monoisotopic (exact) mass is 340 g/mol. The highest BCUT2D eigenvalue weighted by atomic mass is 16.5. The minimum atomic E-state index is -0.180. The molecule has 1 aliphatic heterocycles. The van der Waals surface area contributed by atoms with Crippen LogP contribution >= 0.6 is 0 Å². The van der Waals surface area contributed by atoms with Crippen LogP contribution in [0.4, 0.5) is 10.5 Å². The fraction of sp³-hybridized carbons (Fsp3) is 0.278. The molecule has 1 aromatic carbocycles. The van der Waals surface area contributed by atoms with E-state index in [1.54, 1.807) is 34.3 Å². The van der Waals surface area contributed by atoms with E-state index in [1.165, 1.54) is 0 Å². The number of carbonyl (C=O) groups excluding carboxylic acids is 2. The van der Waals surface area contributed by atoms with Gasteiger partial charge in [-0.15, -0.1) is 0 Å². The summed E-state index contributed by atoms with van der Waals surface area (Å²) in [6.45, 7) is 1.98. The zero-order chi connectivity index (χ0) is 17.5. The molecule has 0 bridgehead atoms. The number of hydrogen-bond acceptors (Lipinski definition) is 4. The largest absolute Gasteiger partial charge is 0.484 e. The maximum absolute atomic E-state index is 12.2. The maximum Gasteiger partial charge on any atom is 0.322 e. The lowest BCUT2D eigenvalue weighted by Gasteiger charge is -2.34. The van der Waals surface area contributed by atoms with Crippen LogP contribution in [0.15, 0.2) is 54.9 Å². The van der Waals surface area contributed by atoms with Crippen molar-refractivity contribution in [3.63, 3.8) is 0 Å². The summed E-state index contributed by atoms with van der Waals surface area (Å²) in [7, 11) is 0. The van der Waals surface area contributed by atoms with E-state index in [4.69, 9.17) is 4.74 Å². The average Bonchev–Trinajstić information content (AvgIpc) is 2.68. The van der Waals surface area contributed by atoms with Gasteiger partial charge in [-0.25, -0.2) is 4.79 Å². The van der Waals surface area contributed by atoms with Gasteiger partial charge in [0.05, 0.1) is 11.9 Å². The van der Waals surface area contributed by atoms with Gasteiger partial charge in [-0.05, 0) is 24.3 Å². The van der Waals surface area contributed by atoms with Gasteiger partial charge in [0, 0.05) is 32.4 Å². The molecule has 1 saturated heterocycles. The molecule has 1 aliphatic rings. The first-order chi connectivity index (χ1) is 12.2. The molecule has 130 valence electrons. The smallest absolute Gasteiger partial charge is 0.322 e. The van der Waals surface area contributed by atoms with Crippen LogP contribution in [0.3, 0.4) is 0 Å². The highest BCUT2D eigenvalue weighted by Gasteiger charge is 2.24. The van der Waals surface area contributed by atoms with Crippen molar-refractivity contribution in [3.8, 4) is 5.75 Å². The Kier molecular flexibility index (Phi) is 5.46. The van der Waals surface area contributed by atoms with Crippen molar-refractivity contribution in [1.82, 2.24) is 14.8 Å². The van der Waals surface area contributed by atoms with E-state index >= 15 is 0 Å². The van der Waals surface area contributed by atoms with Crippen LogP contribution in [-0.4, -0.2) is 59.5 Å². The first-order valence-electron chi connectivity index (χ1n) is 8.14. The van der Waals surface area contributed by atoms with Crippen LogP contribution in [-0.2, 0) is 4.79 Å². The second-order valence-corrected chi connectivity index (χ2v) is 5.64. The Morgan fingerprint density at radius 3 is 2.40 bits per heavy atom. The van der Waals surface area contributed by atoms with Crippen LogP contribution in [0.5, 0.6) is 5.75 Å². The maximum atomic E-state index is 12.2. The fourth-order valence-electron chi connectivity index (χ4n) is 2.55. The molecule has 0 spiro atoms. The molecule has 0 radical (unpaired) electrons. The number of amides is 3. The SMILES string of the molecule is O=C(COc1ccccc1)N1CCN(C(=O)Nc2cccnc2)CC1. The van der Waals surface area contributed by atoms with Crippen molar-refractivity contribution in [2.24, 2.45) is 0 Å². The Labute approximate surface area is 146 Å². The van der Waals surface area contributed by atoms with Crippen molar-refractivity contribution >= 4 is 17.6 Å². The molecule has 3 rings (SSSR count). The lowest BCUT2D eigenvalue weighted by atomic mass is 10.3. The number of aromatic nitrogens is 1. The van der Waals surface area contributed by atoms with E-state index in [-0.39, 0.29) is 18.5 Å². The van der Waals surface area contributed by atoms with E-state index in [9.17, 15) is 9.59 Å². The predicted molar refractivity (Wildman–Crippen MR) is 93.3 cm³/mol. The molecular formula is C18H20N4O3. The molecule has 2 aromatic rings. The van der Waals surface area contributed by atoms with Gasteiger partial charge in [0.15, 0.2) is 6.61 Å². The van der Waals surface area contributed by atoms with Gasteiger partial charge in [0.2, 0.25) is 0 Å². The van der Waals surface area contributed by atoms with Gasteiger partial charge in [-0.3, -0.25) is 9.78 Å². The number of piperazine rings is 1. The Morgan fingerprint density at radius 2 is 1.72 bits per heavy atom. The summed E-state index contributed by atoms with van der Waals surface area (Å²) >= 11 is 0. The van der Waals surface area contributed by atoms with Crippen LogP contribution in [0, 0.1) is 0 Å². The number of urea groups is 1. The second kappa shape index (κ2) is 8.14. The summed E-state index contributed by atoms with van der Waals surface area (Å²) in [6, 6.07) is 12.6. The summed E-state index contributed by atoms with van der Waals surface area (Å²) in [5.41, 5.74) is 0.655. The molecule has 0 atom stereocenters. The number of pyridine rings is 1. The van der Waals surface area contributed by atoms with Gasteiger partial charge >= 0.3 is 6.03 Å². The zero-order valence-corrected chi connectivity index (χ0v) is 13.8. The number of nitrogens with one attached hydrogen (secondary N) is 1. The number of ether oxygens (including phenoxy) is 1. The number of benzene rings is 1. The van der Waals surface area contributed by atoms with Crippen molar-refractivity contribution in [2.45, 2.75) is 0 Å². The number of para-hydroxylation sites is 1. The number of rotatable bonds is 4. The molecule has 1 aromatic heterocycles. The Morgan fingerprint density at radius 1 is 1.00 bits per heavy atom. The first kappa shape index (κ1) is 16.8. The average molecular weight is 340 g/mol. The fourth-order valence-corrected chi connectivity index (χ4v) is 2.55. The third-order valence-corrected chi connectivity index (χ3v) is 3.94. The van der Waals surface area contributed by atoms with E-state index in [2.05, 4.69) is 10.3 Å².